The van der Waals surface area contributed by atoms with Gasteiger partial charge in [0.1, 0.15) is 17.6 Å². The average Bonchev–Trinajstić information content (AvgIpc) is 2.80. The predicted molar refractivity (Wildman–Crippen MR) is 69.7 cm³/mol. The molecule has 1 aromatic heterocycles. The summed E-state index contributed by atoms with van der Waals surface area (Å²) >= 11 is 0. The largest absolute Gasteiger partial charge is 0.393 e. The number of hydrogen-bond donors (Lipinski definition) is 2. The number of anilines is 1. The maximum atomic E-state index is 12.0. The zero-order valence-corrected chi connectivity index (χ0v) is 10.6. The molecule has 0 aliphatic rings. The Balaban J connectivity index is 2.20. The summed E-state index contributed by atoms with van der Waals surface area (Å²) in [6, 6.07) is 4.21. The molecule has 1 amide bonds. The van der Waals surface area contributed by atoms with Crippen LogP contribution >= 0.6 is 0 Å². The lowest BCUT2D eigenvalue weighted by Crippen LogP contribution is -2.25. The van der Waals surface area contributed by atoms with Crippen molar-refractivity contribution in [2.24, 2.45) is 7.05 Å². The second-order valence-electron chi connectivity index (χ2n) is 4.04. The Bertz CT molecular complexity index is 666. The van der Waals surface area contributed by atoms with Gasteiger partial charge in [0.2, 0.25) is 0 Å². The number of nitro benzene ring substituents is 1. The summed E-state index contributed by atoms with van der Waals surface area (Å²) in [6.45, 7) is 0.112. The molecule has 9 nitrogen and oxygen atoms in total. The van der Waals surface area contributed by atoms with Gasteiger partial charge in [0.05, 0.1) is 11.5 Å². The van der Waals surface area contributed by atoms with Crippen LogP contribution in [0.5, 0.6) is 0 Å². The third-order valence-corrected chi connectivity index (χ3v) is 2.71. The molecule has 0 unspecified atom stereocenters. The van der Waals surface area contributed by atoms with Gasteiger partial charge in [0.25, 0.3) is 5.91 Å². The number of nitrogens with two attached hydrogens (primary N) is 1. The lowest BCUT2D eigenvalue weighted by molar-refractivity contribution is -0.384. The minimum atomic E-state index is -0.674. The van der Waals surface area contributed by atoms with Gasteiger partial charge in [-0.1, -0.05) is 6.07 Å². The molecule has 1 aromatic carbocycles. The summed E-state index contributed by atoms with van der Waals surface area (Å²) in [5.74, 6) is -0.0584. The van der Waals surface area contributed by atoms with Crippen molar-refractivity contribution in [2.45, 2.75) is 6.54 Å². The number of nitrogen functional groups attached to an aromatic ring is 1. The summed E-state index contributed by atoms with van der Waals surface area (Å²) < 4.78 is 1.63. The molecule has 0 saturated heterocycles. The Morgan fingerprint density at radius 2 is 2.30 bits per heavy atom. The van der Waals surface area contributed by atoms with Gasteiger partial charge in [-0.3, -0.25) is 14.9 Å². The summed E-state index contributed by atoms with van der Waals surface area (Å²) in [5, 5.41) is 21.0. The molecule has 20 heavy (non-hydrogen) atoms. The van der Waals surface area contributed by atoms with Crippen molar-refractivity contribution in [1.29, 1.82) is 0 Å². The van der Waals surface area contributed by atoms with E-state index < -0.39 is 16.5 Å². The van der Waals surface area contributed by atoms with Crippen LogP contribution in [0.2, 0.25) is 0 Å². The first kappa shape index (κ1) is 13.5. The fraction of sp³-hybridized carbons (Fsp3) is 0.182. The SMILES string of the molecule is Cn1cnnc1CNC(=O)c1cccc(N)c1[N+](=O)[O-]. The van der Waals surface area contributed by atoms with E-state index in [0.717, 1.165) is 0 Å². The highest BCUT2D eigenvalue weighted by Gasteiger charge is 2.23. The third-order valence-electron chi connectivity index (χ3n) is 2.71. The zero-order valence-electron chi connectivity index (χ0n) is 10.6. The van der Waals surface area contributed by atoms with E-state index in [-0.39, 0.29) is 17.8 Å². The van der Waals surface area contributed by atoms with Gasteiger partial charge in [-0.2, -0.15) is 0 Å². The molecular weight excluding hydrogens is 264 g/mol. The second kappa shape index (κ2) is 5.34. The summed E-state index contributed by atoms with van der Waals surface area (Å²) in [7, 11) is 1.73. The first-order valence-corrected chi connectivity index (χ1v) is 5.64. The highest BCUT2D eigenvalue weighted by molar-refractivity contribution is 6.00. The van der Waals surface area contributed by atoms with Crippen molar-refractivity contribution in [1.82, 2.24) is 20.1 Å². The number of carbonyl (C=O) groups is 1. The highest BCUT2D eigenvalue weighted by Crippen LogP contribution is 2.25. The second-order valence-corrected chi connectivity index (χ2v) is 4.04. The molecule has 2 rings (SSSR count). The number of nitro groups is 1. The van der Waals surface area contributed by atoms with Crippen LogP contribution in [-0.4, -0.2) is 25.6 Å². The number of benzene rings is 1. The van der Waals surface area contributed by atoms with E-state index in [1.807, 2.05) is 0 Å². The zero-order chi connectivity index (χ0) is 14.7. The Morgan fingerprint density at radius 3 is 2.90 bits per heavy atom. The summed E-state index contributed by atoms with van der Waals surface area (Å²) in [4.78, 5) is 22.3. The summed E-state index contributed by atoms with van der Waals surface area (Å²) in [5.41, 5.74) is 4.99. The number of aromatic nitrogens is 3. The number of rotatable bonds is 4. The van der Waals surface area contributed by atoms with Crippen molar-refractivity contribution in [3.63, 3.8) is 0 Å². The van der Waals surface area contributed by atoms with E-state index in [2.05, 4.69) is 15.5 Å². The Morgan fingerprint density at radius 1 is 1.55 bits per heavy atom. The lowest BCUT2D eigenvalue weighted by atomic mass is 10.1. The number of para-hydroxylation sites is 1. The number of hydrogen-bond acceptors (Lipinski definition) is 6. The fourth-order valence-electron chi connectivity index (χ4n) is 1.67. The molecule has 104 valence electrons. The first-order valence-electron chi connectivity index (χ1n) is 5.64. The van der Waals surface area contributed by atoms with Gasteiger partial charge in [-0.15, -0.1) is 10.2 Å². The fourth-order valence-corrected chi connectivity index (χ4v) is 1.67. The van der Waals surface area contributed by atoms with Crippen LogP contribution in [0.3, 0.4) is 0 Å². The molecule has 0 radical (unpaired) electrons. The van der Waals surface area contributed by atoms with Crippen molar-refractivity contribution in [3.8, 4) is 0 Å². The molecule has 0 aliphatic heterocycles. The smallest absolute Gasteiger partial charge is 0.304 e. The van der Waals surface area contributed by atoms with E-state index in [1.54, 1.807) is 11.6 Å². The number of aryl methyl sites for hydroxylation is 1. The maximum absolute atomic E-state index is 12.0. The number of carbonyl (C=O) groups excluding carboxylic acids is 1. The van der Waals surface area contributed by atoms with E-state index in [0.29, 0.717) is 5.82 Å². The van der Waals surface area contributed by atoms with Crippen LogP contribution < -0.4 is 11.1 Å². The molecule has 0 fully saturated rings. The quantitative estimate of drug-likeness (QED) is 0.467. The Kier molecular flexibility index (Phi) is 3.60. The highest BCUT2D eigenvalue weighted by atomic mass is 16.6. The molecule has 0 atom stereocenters. The van der Waals surface area contributed by atoms with Crippen LogP contribution in [0.1, 0.15) is 16.2 Å². The van der Waals surface area contributed by atoms with Crippen LogP contribution in [0, 0.1) is 10.1 Å². The normalized spacial score (nSPS) is 10.2. The van der Waals surface area contributed by atoms with Gasteiger partial charge in [0.15, 0.2) is 5.82 Å². The van der Waals surface area contributed by atoms with Crippen molar-refractivity contribution < 1.29 is 9.72 Å². The van der Waals surface area contributed by atoms with Crippen molar-refractivity contribution in [2.75, 3.05) is 5.73 Å². The molecular formula is C11H12N6O3. The Hall–Kier alpha value is -2.97. The minimum Gasteiger partial charge on any atom is -0.393 e. The molecule has 0 bridgehead atoms. The minimum absolute atomic E-state index is 0.0543. The predicted octanol–water partition coefficient (Wildman–Crippen LogP) is 0.235. The monoisotopic (exact) mass is 276 g/mol. The Labute approximate surface area is 113 Å². The van der Waals surface area contributed by atoms with Crippen LogP contribution in [0.25, 0.3) is 0 Å². The number of nitrogens with zero attached hydrogens (tertiary/aromatic N) is 4. The molecule has 0 aliphatic carbocycles. The standard InChI is InChI=1S/C11H12N6O3/c1-16-6-14-15-9(16)5-13-11(18)7-3-2-4-8(12)10(7)17(19)20/h2-4,6H,5,12H2,1H3,(H,13,18). The lowest BCUT2D eigenvalue weighted by Gasteiger charge is -2.06. The van der Waals surface area contributed by atoms with Crippen LogP contribution in [0.15, 0.2) is 24.5 Å². The molecule has 0 saturated carbocycles. The third kappa shape index (κ3) is 2.55. The average molecular weight is 276 g/mol. The van der Waals surface area contributed by atoms with Crippen molar-refractivity contribution in [3.05, 3.63) is 46.0 Å². The van der Waals surface area contributed by atoms with Gasteiger partial charge < -0.3 is 15.6 Å². The van der Waals surface area contributed by atoms with Gasteiger partial charge >= 0.3 is 5.69 Å². The van der Waals surface area contributed by atoms with Crippen molar-refractivity contribution >= 4 is 17.3 Å². The van der Waals surface area contributed by atoms with Gasteiger partial charge in [-0.25, -0.2) is 0 Å². The molecule has 0 spiro atoms. The first-order chi connectivity index (χ1) is 9.50. The van der Waals surface area contributed by atoms with E-state index in [9.17, 15) is 14.9 Å². The van der Waals surface area contributed by atoms with Gasteiger partial charge in [0, 0.05) is 7.05 Å². The van der Waals surface area contributed by atoms with Gasteiger partial charge in [-0.05, 0) is 12.1 Å². The maximum Gasteiger partial charge on any atom is 0.304 e. The molecule has 1 heterocycles. The molecule has 3 N–H and O–H groups in total. The number of nitrogens with one attached hydrogen (secondary N) is 1. The van der Waals surface area contributed by atoms with Crippen LogP contribution in [-0.2, 0) is 13.6 Å². The van der Waals surface area contributed by atoms with E-state index in [4.69, 9.17) is 5.73 Å². The summed E-state index contributed by atoms with van der Waals surface area (Å²) in [6.07, 6.45) is 1.49. The number of amides is 1. The van der Waals surface area contributed by atoms with E-state index >= 15 is 0 Å². The molecule has 9 heteroatoms. The van der Waals surface area contributed by atoms with Crippen LogP contribution in [0.4, 0.5) is 11.4 Å². The topological polar surface area (TPSA) is 129 Å². The molecule has 2 aromatic rings. The van der Waals surface area contributed by atoms with E-state index in [1.165, 1.54) is 24.5 Å².